The predicted molar refractivity (Wildman–Crippen MR) is 69.8 cm³/mol. The molecule has 18 heavy (non-hydrogen) atoms. The van der Waals surface area contributed by atoms with E-state index in [2.05, 4.69) is 14.9 Å². The second-order valence-electron chi connectivity index (χ2n) is 5.21. The van der Waals surface area contributed by atoms with Gasteiger partial charge in [0.15, 0.2) is 0 Å². The van der Waals surface area contributed by atoms with E-state index in [0.717, 1.165) is 19.5 Å². The summed E-state index contributed by atoms with van der Waals surface area (Å²) in [6.45, 7) is 7.92. The van der Waals surface area contributed by atoms with E-state index < -0.39 is 5.60 Å². The summed E-state index contributed by atoms with van der Waals surface area (Å²) < 4.78 is 5.37. The Morgan fingerprint density at radius 1 is 1.56 bits per heavy atom. The van der Waals surface area contributed by atoms with Gasteiger partial charge in [0.25, 0.3) is 0 Å². The highest BCUT2D eigenvalue weighted by molar-refractivity contribution is 5.33. The molecule has 1 fully saturated rings. The number of aliphatic hydroxyl groups is 1. The molecule has 1 saturated heterocycles. The van der Waals surface area contributed by atoms with E-state index in [1.165, 1.54) is 0 Å². The molecular formula is C13H21N3O2. The zero-order valence-corrected chi connectivity index (χ0v) is 11.3. The normalized spacial score (nSPS) is 20.2. The van der Waals surface area contributed by atoms with Crippen LogP contribution >= 0.6 is 0 Å². The van der Waals surface area contributed by atoms with Gasteiger partial charge >= 0.3 is 0 Å². The first kappa shape index (κ1) is 13.1. The smallest absolute Gasteiger partial charge is 0.228 e. The molecule has 0 saturated carbocycles. The van der Waals surface area contributed by atoms with Crippen LogP contribution in [0.1, 0.15) is 27.2 Å². The van der Waals surface area contributed by atoms with Crippen molar-refractivity contribution >= 4 is 5.95 Å². The molecule has 0 bridgehead atoms. The molecule has 100 valence electrons. The third kappa shape index (κ3) is 2.90. The monoisotopic (exact) mass is 251 g/mol. The van der Waals surface area contributed by atoms with Crippen molar-refractivity contribution in [2.24, 2.45) is 5.92 Å². The molecule has 0 unspecified atom stereocenters. The third-order valence-corrected chi connectivity index (χ3v) is 3.38. The van der Waals surface area contributed by atoms with Crippen molar-refractivity contribution in [2.75, 3.05) is 24.6 Å². The van der Waals surface area contributed by atoms with Crippen LogP contribution in [0.15, 0.2) is 12.3 Å². The van der Waals surface area contributed by atoms with Crippen molar-refractivity contribution in [1.82, 2.24) is 9.97 Å². The standard InChI is InChI=1S/C13H21N3O2/c1-4-18-11-5-7-14-12(15-11)16-8-6-10(9-16)13(2,3)17/h5,7,10,17H,4,6,8-9H2,1-3H3/t10-/m0/s1. The second kappa shape index (κ2) is 5.10. The molecule has 0 radical (unpaired) electrons. The second-order valence-corrected chi connectivity index (χ2v) is 5.21. The third-order valence-electron chi connectivity index (χ3n) is 3.38. The van der Waals surface area contributed by atoms with Gasteiger partial charge in [-0.05, 0) is 27.2 Å². The molecule has 0 aromatic carbocycles. The quantitative estimate of drug-likeness (QED) is 0.878. The number of ether oxygens (including phenoxy) is 1. The molecule has 1 aliphatic heterocycles. The molecule has 1 aliphatic rings. The summed E-state index contributed by atoms with van der Waals surface area (Å²) in [7, 11) is 0. The van der Waals surface area contributed by atoms with E-state index in [9.17, 15) is 5.11 Å². The summed E-state index contributed by atoms with van der Waals surface area (Å²) in [5, 5.41) is 10.0. The van der Waals surface area contributed by atoms with Crippen LogP contribution in [0, 0.1) is 5.92 Å². The van der Waals surface area contributed by atoms with Crippen molar-refractivity contribution in [1.29, 1.82) is 0 Å². The Balaban J connectivity index is 2.07. The Bertz CT molecular complexity index is 403. The lowest BCUT2D eigenvalue weighted by Gasteiger charge is -2.25. The lowest BCUT2D eigenvalue weighted by molar-refractivity contribution is 0.0263. The van der Waals surface area contributed by atoms with E-state index in [-0.39, 0.29) is 5.92 Å². The molecule has 0 aliphatic carbocycles. The van der Waals surface area contributed by atoms with Gasteiger partial charge in [-0.3, -0.25) is 0 Å². The van der Waals surface area contributed by atoms with Gasteiger partial charge in [0, 0.05) is 31.3 Å². The highest BCUT2D eigenvalue weighted by atomic mass is 16.5. The maximum atomic E-state index is 10.0. The largest absolute Gasteiger partial charge is 0.478 e. The van der Waals surface area contributed by atoms with Crippen LogP contribution in [0.2, 0.25) is 0 Å². The molecule has 1 N–H and O–H groups in total. The zero-order chi connectivity index (χ0) is 13.2. The van der Waals surface area contributed by atoms with Gasteiger partial charge in [0.2, 0.25) is 11.8 Å². The molecule has 0 amide bonds. The highest BCUT2D eigenvalue weighted by Crippen LogP contribution is 2.29. The van der Waals surface area contributed by atoms with Crippen LogP contribution < -0.4 is 9.64 Å². The van der Waals surface area contributed by atoms with Crippen molar-refractivity contribution in [3.8, 4) is 5.88 Å². The zero-order valence-electron chi connectivity index (χ0n) is 11.3. The molecule has 0 spiro atoms. The molecule has 1 aromatic heterocycles. The molecular weight excluding hydrogens is 230 g/mol. The van der Waals surface area contributed by atoms with E-state index >= 15 is 0 Å². The topological polar surface area (TPSA) is 58.5 Å². The predicted octanol–water partition coefficient (Wildman–Crippen LogP) is 1.47. The fourth-order valence-electron chi connectivity index (χ4n) is 2.23. The SMILES string of the molecule is CCOc1ccnc(N2CC[C@H](C(C)(C)O)C2)n1. The lowest BCUT2D eigenvalue weighted by Crippen LogP contribution is -2.33. The minimum absolute atomic E-state index is 0.261. The van der Waals surface area contributed by atoms with Crippen LogP contribution in [-0.2, 0) is 0 Å². The summed E-state index contributed by atoms with van der Waals surface area (Å²) in [5.74, 6) is 1.55. The summed E-state index contributed by atoms with van der Waals surface area (Å²) in [6.07, 6.45) is 2.68. The van der Waals surface area contributed by atoms with E-state index in [1.807, 2.05) is 20.8 Å². The lowest BCUT2D eigenvalue weighted by atomic mass is 9.91. The van der Waals surface area contributed by atoms with Gasteiger partial charge in [-0.2, -0.15) is 4.98 Å². The van der Waals surface area contributed by atoms with Crippen LogP contribution in [0.25, 0.3) is 0 Å². The molecule has 5 heteroatoms. The van der Waals surface area contributed by atoms with Crippen LogP contribution in [0.5, 0.6) is 5.88 Å². The van der Waals surface area contributed by atoms with Crippen molar-refractivity contribution < 1.29 is 9.84 Å². The average Bonchev–Trinajstić information content (AvgIpc) is 2.78. The highest BCUT2D eigenvalue weighted by Gasteiger charge is 2.34. The van der Waals surface area contributed by atoms with Gasteiger partial charge in [-0.1, -0.05) is 0 Å². The fraction of sp³-hybridized carbons (Fsp3) is 0.692. The Hall–Kier alpha value is -1.36. The number of rotatable bonds is 4. The van der Waals surface area contributed by atoms with Gasteiger partial charge in [0.05, 0.1) is 12.2 Å². The summed E-state index contributed by atoms with van der Waals surface area (Å²) >= 11 is 0. The maximum Gasteiger partial charge on any atom is 0.228 e. The minimum atomic E-state index is -0.647. The summed E-state index contributed by atoms with van der Waals surface area (Å²) in [5.41, 5.74) is -0.647. The van der Waals surface area contributed by atoms with Crippen molar-refractivity contribution in [2.45, 2.75) is 32.8 Å². The summed E-state index contributed by atoms with van der Waals surface area (Å²) in [6, 6.07) is 1.76. The molecule has 1 atom stereocenters. The average molecular weight is 251 g/mol. The van der Waals surface area contributed by atoms with Crippen molar-refractivity contribution in [3.63, 3.8) is 0 Å². The van der Waals surface area contributed by atoms with Crippen LogP contribution in [0.3, 0.4) is 0 Å². The number of anilines is 1. The van der Waals surface area contributed by atoms with Crippen LogP contribution in [0.4, 0.5) is 5.95 Å². The Morgan fingerprint density at radius 3 is 2.94 bits per heavy atom. The Labute approximate surface area is 108 Å². The fourth-order valence-corrected chi connectivity index (χ4v) is 2.23. The van der Waals surface area contributed by atoms with Crippen LogP contribution in [-0.4, -0.2) is 40.4 Å². The molecule has 1 aromatic rings. The number of nitrogens with zero attached hydrogens (tertiary/aromatic N) is 3. The van der Waals surface area contributed by atoms with Gasteiger partial charge in [0.1, 0.15) is 0 Å². The van der Waals surface area contributed by atoms with Gasteiger partial charge in [-0.25, -0.2) is 4.98 Å². The Kier molecular flexibility index (Phi) is 3.71. The first-order valence-corrected chi connectivity index (χ1v) is 6.44. The first-order chi connectivity index (χ1) is 8.50. The van der Waals surface area contributed by atoms with E-state index in [4.69, 9.17) is 4.74 Å². The number of hydrogen-bond donors (Lipinski definition) is 1. The molecule has 5 nitrogen and oxygen atoms in total. The summed E-state index contributed by atoms with van der Waals surface area (Å²) in [4.78, 5) is 10.7. The van der Waals surface area contributed by atoms with Gasteiger partial charge < -0.3 is 14.7 Å². The van der Waals surface area contributed by atoms with E-state index in [1.54, 1.807) is 12.3 Å². The van der Waals surface area contributed by atoms with Gasteiger partial charge in [-0.15, -0.1) is 0 Å². The number of hydrogen-bond acceptors (Lipinski definition) is 5. The molecule has 2 heterocycles. The minimum Gasteiger partial charge on any atom is -0.478 e. The number of aromatic nitrogens is 2. The maximum absolute atomic E-state index is 10.0. The van der Waals surface area contributed by atoms with E-state index in [0.29, 0.717) is 18.4 Å². The molecule has 2 rings (SSSR count). The first-order valence-electron chi connectivity index (χ1n) is 6.44. The Morgan fingerprint density at radius 2 is 2.33 bits per heavy atom. The van der Waals surface area contributed by atoms with Crippen molar-refractivity contribution in [3.05, 3.63) is 12.3 Å².